The summed E-state index contributed by atoms with van der Waals surface area (Å²) in [4.78, 5) is 0. The fourth-order valence-electron chi connectivity index (χ4n) is 7.90. The summed E-state index contributed by atoms with van der Waals surface area (Å²) in [6.45, 7) is 13.8. The lowest BCUT2D eigenvalue weighted by molar-refractivity contribution is 0.487. The highest BCUT2D eigenvalue weighted by molar-refractivity contribution is 6.99. The normalized spacial score (nSPS) is 13.2. The lowest BCUT2D eigenvalue weighted by Crippen LogP contribution is -2.58. The number of nitrogens with zero attached hydrogens (tertiary/aromatic N) is 2. The predicted octanol–water partition coefficient (Wildman–Crippen LogP) is 9.52. The Labute approximate surface area is 288 Å². The Bertz CT molecular complexity index is 2540. The van der Waals surface area contributed by atoms with Crippen molar-refractivity contribution in [1.29, 1.82) is 5.26 Å². The van der Waals surface area contributed by atoms with E-state index in [0.29, 0.717) is 5.56 Å². The monoisotopic (exact) mass is 632 g/mol. The topological polar surface area (TPSA) is 38.0 Å². The molecule has 0 amide bonds. The number of ether oxygens (including phenoxy) is 1. The molecule has 0 saturated carbocycles. The lowest BCUT2D eigenvalue weighted by Gasteiger charge is -2.35. The van der Waals surface area contributed by atoms with Crippen molar-refractivity contribution >= 4 is 44.9 Å². The minimum absolute atomic E-state index is 0.00359. The number of hydrogen-bond donors (Lipinski definition) is 0. The van der Waals surface area contributed by atoms with Gasteiger partial charge in [0.05, 0.1) is 17.1 Å². The summed E-state index contributed by atoms with van der Waals surface area (Å²) in [6.07, 6.45) is 0. The van der Waals surface area contributed by atoms with Gasteiger partial charge in [0.1, 0.15) is 11.5 Å². The van der Waals surface area contributed by atoms with Crippen LogP contribution in [0.3, 0.4) is 0 Å². The molecule has 0 bridgehead atoms. The molecule has 0 N–H and O–H groups in total. The van der Waals surface area contributed by atoms with Gasteiger partial charge in [-0.05, 0) is 109 Å². The molecule has 6 aromatic carbocycles. The molecule has 0 saturated heterocycles. The Morgan fingerprint density at radius 3 is 2.00 bits per heavy atom. The second-order valence-corrected chi connectivity index (χ2v) is 15.8. The van der Waals surface area contributed by atoms with Crippen molar-refractivity contribution in [3.05, 3.63) is 132 Å². The molecular formula is C45H37BN2O. The number of hydrogen-bond acceptors (Lipinski definition) is 2. The minimum Gasteiger partial charge on any atom is -0.458 e. The minimum atomic E-state index is -0.0385. The number of nitriles is 1. The Kier molecular flexibility index (Phi) is 6.19. The zero-order chi connectivity index (χ0) is 33.8. The lowest BCUT2D eigenvalue weighted by atomic mass is 9.34. The molecule has 0 spiro atoms. The van der Waals surface area contributed by atoms with Gasteiger partial charge in [-0.25, -0.2) is 0 Å². The number of benzene rings is 6. The molecule has 49 heavy (non-hydrogen) atoms. The Morgan fingerprint density at radius 2 is 1.29 bits per heavy atom. The molecule has 2 aliphatic heterocycles. The number of aromatic nitrogens is 1. The highest BCUT2D eigenvalue weighted by Gasteiger charge is 2.42. The molecule has 0 atom stereocenters. The van der Waals surface area contributed by atoms with Gasteiger partial charge in [0.15, 0.2) is 0 Å². The van der Waals surface area contributed by atoms with Gasteiger partial charge >= 0.3 is 0 Å². The molecule has 0 radical (unpaired) electrons. The van der Waals surface area contributed by atoms with Gasteiger partial charge < -0.3 is 9.30 Å². The van der Waals surface area contributed by atoms with E-state index in [1.165, 1.54) is 60.4 Å². The second-order valence-electron chi connectivity index (χ2n) is 15.8. The SMILES string of the molecule is CC(C)(C)c1ccc2c(c1)c1cc(C(C)(C)C)cc3c1n2-c1cc(-c2ccc(C#N)cc2)cc2c1B3c1cc(-c3ccccc3)ccc1O2. The van der Waals surface area contributed by atoms with E-state index >= 15 is 0 Å². The van der Waals surface area contributed by atoms with Crippen LogP contribution in [0.15, 0.2) is 115 Å². The van der Waals surface area contributed by atoms with E-state index in [1.54, 1.807) is 0 Å². The summed E-state index contributed by atoms with van der Waals surface area (Å²) < 4.78 is 9.41. The maximum absolute atomic E-state index is 9.48. The van der Waals surface area contributed by atoms with Crippen LogP contribution in [0.4, 0.5) is 0 Å². The molecule has 0 aliphatic carbocycles. The van der Waals surface area contributed by atoms with Gasteiger partial charge in [-0.2, -0.15) is 5.26 Å². The smallest absolute Gasteiger partial charge is 0.256 e. The first-order valence-electron chi connectivity index (χ1n) is 17.2. The highest BCUT2D eigenvalue weighted by atomic mass is 16.5. The summed E-state index contributed by atoms with van der Waals surface area (Å²) in [6, 6.07) is 43.9. The number of fused-ring (bicyclic) bond motifs is 7. The molecule has 7 aromatic rings. The third kappa shape index (κ3) is 4.49. The second kappa shape index (κ2) is 10.2. The zero-order valence-electron chi connectivity index (χ0n) is 28.8. The van der Waals surface area contributed by atoms with E-state index in [1.807, 2.05) is 24.3 Å². The Morgan fingerprint density at radius 1 is 0.592 bits per heavy atom. The van der Waals surface area contributed by atoms with Crippen LogP contribution in [0.1, 0.15) is 58.2 Å². The molecular weight excluding hydrogens is 595 g/mol. The van der Waals surface area contributed by atoms with Crippen LogP contribution in [0.2, 0.25) is 0 Å². The van der Waals surface area contributed by atoms with Crippen molar-refractivity contribution in [3.8, 4) is 45.5 Å². The van der Waals surface area contributed by atoms with Crippen molar-refractivity contribution in [1.82, 2.24) is 4.57 Å². The largest absolute Gasteiger partial charge is 0.458 e. The molecule has 4 heteroatoms. The van der Waals surface area contributed by atoms with Crippen LogP contribution in [0.25, 0.3) is 49.7 Å². The van der Waals surface area contributed by atoms with Crippen LogP contribution in [-0.2, 0) is 10.8 Å². The van der Waals surface area contributed by atoms with E-state index < -0.39 is 0 Å². The molecule has 1 aromatic heterocycles. The van der Waals surface area contributed by atoms with Crippen LogP contribution in [0.5, 0.6) is 11.5 Å². The Hall–Kier alpha value is -5.53. The number of rotatable bonds is 2. The van der Waals surface area contributed by atoms with Crippen molar-refractivity contribution < 1.29 is 4.74 Å². The van der Waals surface area contributed by atoms with Gasteiger partial charge in [-0.3, -0.25) is 0 Å². The van der Waals surface area contributed by atoms with Gasteiger partial charge in [-0.15, -0.1) is 0 Å². The average Bonchev–Trinajstić information content (AvgIpc) is 3.43. The van der Waals surface area contributed by atoms with Gasteiger partial charge in [-0.1, -0.05) is 108 Å². The van der Waals surface area contributed by atoms with Gasteiger partial charge in [0.2, 0.25) is 0 Å². The molecule has 3 heterocycles. The van der Waals surface area contributed by atoms with Crippen LogP contribution in [0, 0.1) is 11.3 Å². The summed E-state index contributed by atoms with van der Waals surface area (Å²) >= 11 is 0. The molecule has 2 aliphatic rings. The molecule has 3 nitrogen and oxygen atoms in total. The highest BCUT2D eigenvalue weighted by Crippen LogP contribution is 2.42. The third-order valence-electron chi connectivity index (χ3n) is 10.6. The van der Waals surface area contributed by atoms with E-state index in [9.17, 15) is 5.26 Å². The zero-order valence-corrected chi connectivity index (χ0v) is 28.8. The summed E-state index contributed by atoms with van der Waals surface area (Å²) in [5.41, 5.74) is 15.1. The standard InChI is InChI=1S/C45H37BN2O/c1-44(2,3)32-17-18-38-34(23-32)35-24-33(45(4,5)6)25-37-43(35)48(38)39-21-31(29-14-12-27(26-47)13-15-29)22-41-42(39)46(37)36-20-30(16-19-40(36)49-41)28-10-8-7-9-11-28/h7-25H,1-6H3. The fraction of sp³-hybridized carbons (Fsp3) is 0.178. The van der Waals surface area contributed by atoms with Crippen molar-refractivity contribution in [3.63, 3.8) is 0 Å². The summed E-state index contributed by atoms with van der Waals surface area (Å²) in [7, 11) is 0. The third-order valence-corrected chi connectivity index (χ3v) is 10.6. The summed E-state index contributed by atoms with van der Waals surface area (Å²) in [5, 5.41) is 12.1. The van der Waals surface area contributed by atoms with Crippen LogP contribution >= 0.6 is 0 Å². The Balaban J connectivity index is 1.42. The maximum Gasteiger partial charge on any atom is 0.256 e. The summed E-state index contributed by atoms with van der Waals surface area (Å²) in [5.74, 6) is 1.78. The first-order valence-corrected chi connectivity index (χ1v) is 17.2. The molecule has 0 fully saturated rings. The fourth-order valence-corrected chi connectivity index (χ4v) is 7.90. The van der Waals surface area contributed by atoms with Crippen molar-refractivity contribution in [2.75, 3.05) is 0 Å². The molecule has 0 unspecified atom stereocenters. The van der Waals surface area contributed by atoms with E-state index in [-0.39, 0.29) is 17.5 Å². The van der Waals surface area contributed by atoms with E-state index in [4.69, 9.17) is 4.74 Å². The predicted molar refractivity (Wildman–Crippen MR) is 205 cm³/mol. The van der Waals surface area contributed by atoms with Crippen molar-refractivity contribution in [2.24, 2.45) is 0 Å². The van der Waals surface area contributed by atoms with Crippen molar-refractivity contribution in [2.45, 2.75) is 52.4 Å². The quantitative estimate of drug-likeness (QED) is 0.178. The first kappa shape index (κ1) is 29.6. The van der Waals surface area contributed by atoms with E-state index in [0.717, 1.165) is 28.3 Å². The van der Waals surface area contributed by atoms with Gasteiger partial charge in [0.25, 0.3) is 6.71 Å². The molecule has 236 valence electrons. The van der Waals surface area contributed by atoms with Crippen LogP contribution < -0.4 is 21.1 Å². The van der Waals surface area contributed by atoms with E-state index in [2.05, 4.69) is 143 Å². The molecule has 9 rings (SSSR count). The van der Waals surface area contributed by atoms with Gasteiger partial charge in [0, 0.05) is 22.0 Å². The van der Waals surface area contributed by atoms with Crippen LogP contribution in [-0.4, -0.2) is 11.3 Å². The first-order chi connectivity index (χ1) is 23.5. The average molecular weight is 633 g/mol. The maximum atomic E-state index is 9.48.